The Morgan fingerprint density at radius 2 is 1.53 bits per heavy atom. The molecule has 0 N–H and O–H groups in total. The monoisotopic (exact) mass is 416 g/mol. The fourth-order valence-electron chi connectivity index (χ4n) is 3.88. The standard InChI is InChI=1S/C22H19F3N2O3/c1-30-17-7-3-2-6-16(17)18-19(26-12-4-5-13-26)21(29)27(20(18)28)15-10-8-14(9-11-15)22(23,24)25/h2-3,6-11H,4-5,12-13H2,1H3. The van der Waals surface area contributed by atoms with Crippen molar-refractivity contribution in [2.75, 3.05) is 25.1 Å². The maximum Gasteiger partial charge on any atom is 0.416 e. The van der Waals surface area contributed by atoms with Crippen molar-refractivity contribution in [1.29, 1.82) is 0 Å². The lowest BCUT2D eigenvalue weighted by Gasteiger charge is -2.20. The quantitative estimate of drug-likeness (QED) is 0.705. The maximum atomic E-state index is 13.4. The number of ether oxygens (including phenoxy) is 1. The van der Waals surface area contributed by atoms with Gasteiger partial charge in [0.05, 0.1) is 23.9 Å². The van der Waals surface area contributed by atoms with Gasteiger partial charge in [0, 0.05) is 18.7 Å². The van der Waals surface area contributed by atoms with Gasteiger partial charge >= 0.3 is 6.18 Å². The third kappa shape index (κ3) is 3.32. The maximum absolute atomic E-state index is 13.4. The highest BCUT2D eigenvalue weighted by Gasteiger charge is 2.44. The zero-order chi connectivity index (χ0) is 21.5. The van der Waals surface area contributed by atoms with E-state index in [2.05, 4.69) is 0 Å². The van der Waals surface area contributed by atoms with Crippen LogP contribution in [0.2, 0.25) is 0 Å². The number of likely N-dealkylation sites (tertiary alicyclic amines) is 1. The molecular weight excluding hydrogens is 397 g/mol. The van der Waals surface area contributed by atoms with Crippen LogP contribution in [0, 0.1) is 0 Å². The molecular formula is C22H19F3N2O3. The summed E-state index contributed by atoms with van der Waals surface area (Å²) >= 11 is 0. The first-order valence-electron chi connectivity index (χ1n) is 9.51. The average Bonchev–Trinajstić information content (AvgIpc) is 3.33. The zero-order valence-corrected chi connectivity index (χ0v) is 16.2. The summed E-state index contributed by atoms with van der Waals surface area (Å²) in [5.74, 6) is -0.673. The van der Waals surface area contributed by atoms with Crippen molar-refractivity contribution >= 4 is 23.1 Å². The first-order valence-corrected chi connectivity index (χ1v) is 9.51. The number of hydrogen-bond acceptors (Lipinski definition) is 4. The van der Waals surface area contributed by atoms with E-state index in [0.717, 1.165) is 42.0 Å². The molecule has 0 unspecified atom stereocenters. The molecule has 0 aromatic heterocycles. The van der Waals surface area contributed by atoms with E-state index >= 15 is 0 Å². The Balaban J connectivity index is 1.81. The van der Waals surface area contributed by atoms with E-state index in [1.54, 1.807) is 24.3 Å². The molecule has 2 aliphatic rings. The van der Waals surface area contributed by atoms with Crippen molar-refractivity contribution in [3.05, 3.63) is 65.4 Å². The summed E-state index contributed by atoms with van der Waals surface area (Å²) in [5.41, 5.74) is 0.207. The van der Waals surface area contributed by atoms with Gasteiger partial charge in [0.1, 0.15) is 11.4 Å². The van der Waals surface area contributed by atoms with E-state index in [4.69, 9.17) is 4.74 Å². The molecule has 0 spiro atoms. The molecule has 2 amide bonds. The van der Waals surface area contributed by atoms with Crippen LogP contribution in [0.3, 0.4) is 0 Å². The fraction of sp³-hybridized carbons (Fsp3) is 0.273. The largest absolute Gasteiger partial charge is 0.496 e. The molecule has 2 aromatic carbocycles. The molecule has 0 atom stereocenters. The highest BCUT2D eigenvalue weighted by atomic mass is 19.4. The second-order valence-electron chi connectivity index (χ2n) is 7.11. The molecule has 1 fully saturated rings. The van der Waals surface area contributed by atoms with Crippen molar-refractivity contribution < 1.29 is 27.5 Å². The van der Waals surface area contributed by atoms with Gasteiger partial charge in [0.15, 0.2) is 0 Å². The Hall–Kier alpha value is -3.29. The second kappa shape index (κ2) is 7.51. The van der Waals surface area contributed by atoms with Gasteiger partial charge in [0.25, 0.3) is 11.8 Å². The van der Waals surface area contributed by atoms with Gasteiger partial charge in [-0.2, -0.15) is 13.2 Å². The summed E-state index contributed by atoms with van der Waals surface area (Å²) in [6.07, 6.45) is -2.71. The van der Waals surface area contributed by atoms with Crippen molar-refractivity contribution in [3.63, 3.8) is 0 Å². The van der Waals surface area contributed by atoms with Gasteiger partial charge in [-0.25, -0.2) is 4.90 Å². The molecule has 2 aliphatic heterocycles. The number of para-hydroxylation sites is 1. The predicted molar refractivity (Wildman–Crippen MR) is 105 cm³/mol. The summed E-state index contributed by atoms with van der Waals surface area (Å²) in [7, 11) is 1.48. The lowest BCUT2D eigenvalue weighted by molar-refractivity contribution is -0.137. The molecule has 0 bridgehead atoms. The number of anilines is 1. The first kappa shape index (κ1) is 20.0. The summed E-state index contributed by atoms with van der Waals surface area (Å²) in [6, 6.07) is 10.9. The highest BCUT2D eigenvalue weighted by Crippen LogP contribution is 2.39. The van der Waals surface area contributed by atoms with Crippen LogP contribution >= 0.6 is 0 Å². The van der Waals surface area contributed by atoms with Crippen LogP contribution in [0.15, 0.2) is 54.2 Å². The summed E-state index contributed by atoms with van der Waals surface area (Å²) in [5, 5.41) is 0. The number of nitrogens with zero attached hydrogens (tertiary/aromatic N) is 2. The third-order valence-corrected chi connectivity index (χ3v) is 5.31. The van der Waals surface area contributed by atoms with Crippen LogP contribution < -0.4 is 9.64 Å². The van der Waals surface area contributed by atoms with Crippen LogP contribution in [0.25, 0.3) is 5.57 Å². The minimum atomic E-state index is -4.50. The van der Waals surface area contributed by atoms with E-state index in [9.17, 15) is 22.8 Å². The summed E-state index contributed by atoms with van der Waals surface area (Å²) in [4.78, 5) is 29.5. The Morgan fingerprint density at radius 1 is 0.900 bits per heavy atom. The van der Waals surface area contributed by atoms with E-state index in [1.165, 1.54) is 7.11 Å². The Bertz CT molecular complexity index is 1020. The molecule has 2 heterocycles. The molecule has 1 saturated heterocycles. The van der Waals surface area contributed by atoms with Crippen LogP contribution in [0.1, 0.15) is 24.0 Å². The summed E-state index contributed by atoms with van der Waals surface area (Å²) in [6.45, 7) is 1.27. The van der Waals surface area contributed by atoms with Crippen molar-refractivity contribution in [2.24, 2.45) is 0 Å². The van der Waals surface area contributed by atoms with Gasteiger partial charge < -0.3 is 9.64 Å². The van der Waals surface area contributed by atoms with Crippen LogP contribution in [-0.4, -0.2) is 36.9 Å². The number of hydrogen-bond donors (Lipinski definition) is 0. The van der Waals surface area contributed by atoms with E-state index in [-0.39, 0.29) is 17.0 Å². The lowest BCUT2D eigenvalue weighted by atomic mass is 10.0. The minimum Gasteiger partial charge on any atom is -0.496 e. The SMILES string of the molecule is COc1ccccc1C1=C(N2CCCC2)C(=O)N(c2ccc(C(F)(F)F)cc2)C1=O. The Labute approximate surface area is 171 Å². The highest BCUT2D eigenvalue weighted by molar-refractivity contribution is 6.45. The fourth-order valence-corrected chi connectivity index (χ4v) is 3.88. The Kier molecular flexibility index (Phi) is 5.01. The summed E-state index contributed by atoms with van der Waals surface area (Å²) < 4.78 is 44.1. The zero-order valence-electron chi connectivity index (χ0n) is 16.2. The number of imide groups is 1. The van der Waals surface area contributed by atoms with Crippen molar-refractivity contribution in [1.82, 2.24) is 4.90 Å². The number of alkyl halides is 3. The minimum absolute atomic E-state index is 0.0968. The molecule has 0 saturated carbocycles. The molecule has 5 nitrogen and oxygen atoms in total. The first-order chi connectivity index (χ1) is 14.3. The van der Waals surface area contributed by atoms with Crippen LogP contribution in [0.5, 0.6) is 5.75 Å². The van der Waals surface area contributed by atoms with Gasteiger partial charge in [-0.1, -0.05) is 18.2 Å². The van der Waals surface area contributed by atoms with E-state index in [0.29, 0.717) is 24.4 Å². The van der Waals surface area contributed by atoms with Crippen molar-refractivity contribution in [3.8, 4) is 5.75 Å². The molecule has 30 heavy (non-hydrogen) atoms. The smallest absolute Gasteiger partial charge is 0.416 e. The van der Waals surface area contributed by atoms with Gasteiger partial charge in [-0.05, 0) is 43.2 Å². The number of amides is 2. The predicted octanol–water partition coefficient (Wildman–Crippen LogP) is 4.09. The van der Waals surface area contributed by atoms with E-state index < -0.39 is 23.6 Å². The van der Waals surface area contributed by atoms with Crippen LogP contribution in [-0.2, 0) is 15.8 Å². The number of rotatable bonds is 4. The topological polar surface area (TPSA) is 49.9 Å². The number of halogens is 3. The normalized spacial score (nSPS) is 17.3. The Morgan fingerprint density at radius 3 is 2.13 bits per heavy atom. The molecule has 156 valence electrons. The average molecular weight is 416 g/mol. The van der Waals surface area contributed by atoms with E-state index in [1.807, 2.05) is 4.90 Å². The lowest BCUT2D eigenvalue weighted by Crippen LogP contribution is -2.34. The van der Waals surface area contributed by atoms with Crippen molar-refractivity contribution in [2.45, 2.75) is 19.0 Å². The molecule has 2 aromatic rings. The molecule has 0 radical (unpaired) electrons. The number of benzene rings is 2. The number of carbonyl (C=O) groups excluding carboxylic acids is 2. The van der Waals surface area contributed by atoms with Gasteiger partial charge in [-0.3, -0.25) is 9.59 Å². The van der Waals surface area contributed by atoms with Crippen LogP contribution in [0.4, 0.5) is 18.9 Å². The third-order valence-electron chi connectivity index (χ3n) is 5.31. The van der Waals surface area contributed by atoms with Gasteiger partial charge in [-0.15, -0.1) is 0 Å². The van der Waals surface area contributed by atoms with Gasteiger partial charge in [0.2, 0.25) is 0 Å². The second-order valence-corrected chi connectivity index (χ2v) is 7.11. The number of methoxy groups -OCH3 is 1. The number of carbonyl (C=O) groups is 2. The molecule has 0 aliphatic carbocycles. The molecule has 4 rings (SSSR count). The molecule has 8 heteroatoms.